The molecule has 2 aromatic heterocycles. The Morgan fingerprint density at radius 3 is 2.24 bits per heavy atom. The van der Waals surface area contributed by atoms with Gasteiger partial charge in [-0.3, -0.25) is 4.79 Å². The van der Waals surface area contributed by atoms with Gasteiger partial charge in [0.05, 0.1) is 16.8 Å². The molecule has 0 saturated carbocycles. The van der Waals surface area contributed by atoms with Gasteiger partial charge in [-0.25, -0.2) is 4.98 Å². The van der Waals surface area contributed by atoms with Crippen molar-refractivity contribution in [2.24, 2.45) is 0 Å². The van der Waals surface area contributed by atoms with Crippen molar-refractivity contribution in [1.29, 1.82) is 0 Å². The SMILES string of the molecule is Cc1nc2ccccn2c1CCC(=O)Nc1cc(C(F)(F)F)cc(C(F)(F)F)c1. The van der Waals surface area contributed by atoms with Gasteiger partial charge in [0.1, 0.15) is 5.65 Å². The topological polar surface area (TPSA) is 46.4 Å². The second-order valence-corrected chi connectivity index (χ2v) is 6.42. The molecule has 1 amide bonds. The Morgan fingerprint density at radius 1 is 1.03 bits per heavy atom. The standard InChI is InChI=1S/C19H15F6N3O/c1-11-15(28-7-3-2-4-16(28)26-11)5-6-17(29)27-14-9-12(18(20,21)22)8-13(10-14)19(23,24)25/h2-4,7-10H,5-6H2,1H3,(H,27,29). The van der Waals surface area contributed by atoms with Crippen LogP contribution in [0.3, 0.4) is 0 Å². The van der Waals surface area contributed by atoms with Crippen molar-refractivity contribution in [2.45, 2.75) is 32.1 Å². The van der Waals surface area contributed by atoms with Crippen LogP contribution in [0.4, 0.5) is 32.0 Å². The number of fused-ring (bicyclic) bond motifs is 1. The zero-order valence-corrected chi connectivity index (χ0v) is 15.0. The number of amides is 1. The molecule has 2 heterocycles. The van der Waals surface area contributed by atoms with Gasteiger partial charge in [0.15, 0.2) is 0 Å². The maximum Gasteiger partial charge on any atom is 0.416 e. The van der Waals surface area contributed by atoms with E-state index in [0.717, 1.165) is 5.69 Å². The van der Waals surface area contributed by atoms with Gasteiger partial charge in [-0.05, 0) is 43.7 Å². The third-order valence-corrected chi connectivity index (χ3v) is 4.29. The number of hydrogen-bond donors (Lipinski definition) is 1. The van der Waals surface area contributed by atoms with Crippen LogP contribution in [0.25, 0.3) is 5.65 Å². The summed E-state index contributed by atoms with van der Waals surface area (Å²) in [5.41, 5.74) is -1.45. The molecule has 3 rings (SSSR count). The monoisotopic (exact) mass is 415 g/mol. The summed E-state index contributed by atoms with van der Waals surface area (Å²) in [4.78, 5) is 16.5. The highest BCUT2D eigenvalue weighted by atomic mass is 19.4. The summed E-state index contributed by atoms with van der Waals surface area (Å²) >= 11 is 0. The van der Waals surface area contributed by atoms with E-state index in [1.54, 1.807) is 35.7 Å². The van der Waals surface area contributed by atoms with Crippen molar-refractivity contribution in [3.63, 3.8) is 0 Å². The van der Waals surface area contributed by atoms with Crippen molar-refractivity contribution >= 4 is 17.2 Å². The van der Waals surface area contributed by atoms with Gasteiger partial charge in [0.2, 0.25) is 5.91 Å². The van der Waals surface area contributed by atoms with Crippen molar-refractivity contribution in [3.05, 3.63) is 65.1 Å². The quantitative estimate of drug-likeness (QED) is 0.592. The number of carbonyl (C=O) groups excluding carboxylic acids is 1. The third-order valence-electron chi connectivity index (χ3n) is 4.29. The summed E-state index contributed by atoms with van der Waals surface area (Å²) in [5, 5.41) is 2.13. The second-order valence-electron chi connectivity index (χ2n) is 6.42. The second kappa shape index (κ2) is 7.41. The molecule has 0 spiro atoms. The highest BCUT2D eigenvalue weighted by Crippen LogP contribution is 2.37. The number of nitrogens with zero attached hydrogens (tertiary/aromatic N) is 2. The van der Waals surface area contributed by atoms with Crippen molar-refractivity contribution in [1.82, 2.24) is 9.38 Å². The molecule has 0 aliphatic carbocycles. The minimum Gasteiger partial charge on any atom is -0.326 e. The summed E-state index contributed by atoms with van der Waals surface area (Å²) in [6.45, 7) is 1.75. The van der Waals surface area contributed by atoms with Gasteiger partial charge in [-0.1, -0.05) is 6.07 Å². The fourth-order valence-corrected chi connectivity index (χ4v) is 2.95. The maximum absolute atomic E-state index is 12.9. The van der Waals surface area contributed by atoms with Crippen LogP contribution < -0.4 is 5.32 Å². The molecule has 0 atom stereocenters. The Balaban J connectivity index is 1.79. The number of carbonyl (C=O) groups is 1. The lowest BCUT2D eigenvalue weighted by Gasteiger charge is -2.14. The van der Waals surface area contributed by atoms with Crippen LogP contribution in [0.1, 0.15) is 28.9 Å². The summed E-state index contributed by atoms with van der Waals surface area (Å²) in [6.07, 6.45) is -8.12. The molecule has 0 aliphatic heterocycles. The Kier molecular flexibility index (Phi) is 5.29. The van der Waals surface area contributed by atoms with Crippen LogP contribution in [0, 0.1) is 6.92 Å². The lowest BCUT2D eigenvalue weighted by Crippen LogP contribution is -2.16. The molecular weight excluding hydrogens is 400 g/mol. The predicted octanol–water partition coefficient (Wildman–Crippen LogP) is 5.25. The average molecular weight is 415 g/mol. The van der Waals surface area contributed by atoms with Crippen molar-refractivity contribution < 1.29 is 31.1 Å². The van der Waals surface area contributed by atoms with E-state index in [1.807, 2.05) is 0 Å². The maximum atomic E-state index is 12.9. The van der Waals surface area contributed by atoms with Gasteiger partial charge in [-0.2, -0.15) is 26.3 Å². The zero-order chi connectivity index (χ0) is 21.4. The van der Waals surface area contributed by atoms with Gasteiger partial charge >= 0.3 is 12.4 Å². The number of imidazole rings is 1. The Hall–Kier alpha value is -3.04. The number of aromatic nitrogens is 2. The van der Waals surface area contributed by atoms with Gasteiger partial charge in [-0.15, -0.1) is 0 Å². The number of rotatable bonds is 4. The first-order valence-corrected chi connectivity index (χ1v) is 8.47. The fraction of sp³-hybridized carbons (Fsp3) is 0.263. The van der Waals surface area contributed by atoms with Gasteiger partial charge in [0, 0.05) is 24.0 Å². The first kappa shape index (κ1) is 20.7. The molecule has 0 saturated heterocycles. The highest BCUT2D eigenvalue weighted by molar-refractivity contribution is 5.91. The van der Waals surface area contributed by atoms with Gasteiger partial charge in [0.25, 0.3) is 0 Å². The van der Waals surface area contributed by atoms with E-state index in [2.05, 4.69) is 10.3 Å². The summed E-state index contributed by atoms with van der Waals surface area (Å²) < 4.78 is 79.2. The lowest BCUT2D eigenvalue weighted by atomic mass is 10.1. The Bertz CT molecular complexity index is 1020. The van der Waals surface area contributed by atoms with E-state index in [1.165, 1.54) is 0 Å². The van der Waals surface area contributed by atoms with Crippen LogP contribution in [-0.2, 0) is 23.6 Å². The average Bonchev–Trinajstić information content (AvgIpc) is 2.93. The molecule has 0 aliphatic rings. The van der Waals surface area contributed by atoms with E-state index in [9.17, 15) is 31.1 Å². The molecule has 0 fully saturated rings. The summed E-state index contributed by atoms with van der Waals surface area (Å²) in [7, 11) is 0. The smallest absolute Gasteiger partial charge is 0.326 e. The normalized spacial score (nSPS) is 12.4. The van der Waals surface area contributed by atoms with Crippen LogP contribution in [0.5, 0.6) is 0 Å². The first-order valence-electron chi connectivity index (χ1n) is 8.47. The summed E-state index contributed by atoms with van der Waals surface area (Å²) in [6, 6.07) is 6.32. The number of anilines is 1. The van der Waals surface area contributed by atoms with E-state index in [4.69, 9.17) is 0 Å². The van der Waals surface area contributed by atoms with Crippen LogP contribution in [0.15, 0.2) is 42.6 Å². The molecule has 0 radical (unpaired) electrons. The zero-order valence-electron chi connectivity index (χ0n) is 15.0. The predicted molar refractivity (Wildman–Crippen MR) is 93.3 cm³/mol. The number of hydrogen-bond acceptors (Lipinski definition) is 2. The van der Waals surface area contributed by atoms with E-state index < -0.39 is 35.1 Å². The van der Waals surface area contributed by atoms with E-state index in [-0.39, 0.29) is 18.9 Å². The molecule has 4 nitrogen and oxygen atoms in total. The van der Waals surface area contributed by atoms with E-state index >= 15 is 0 Å². The number of alkyl halides is 6. The number of nitrogens with one attached hydrogen (secondary N) is 1. The number of aryl methyl sites for hydroxylation is 2. The molecule has 0 bridgehead atoms. The molecular formula is C19H15F6N3O. The van der Waals surface area contributed by atoms with Crippen molar-refractivity contribution in [2.75, 3.05) is 5.32 Å². The fourth-order valence-electron chi connectivity index (χ4n) is 2.95. The highest BCUT2D eigenvalue weighted by Gasteiger charge is 2.37. The number of halogens is 6. The molecule has 1 N–H and O–H groups in total. The number of pyridine rings is 1. The molecule has 3 aromatic rings. The third kappa shape index (κ3) is 4.69. The van der Waals surface area contributed by atoms with E-state index in [0.29, 0.717) is 23.5 Å². The van der Waals surface area contributed by atoms with Crippen LogP contribution in [0.2, 0.25) is 0 Å². The minimum absolute atomic E-state index is 0.0113. The molecule has 10 heteroatoms. The Morgan fingerprint density at radius 2 is 1.66 bits per heavy atom. The molecule has 154 valence electrons. The number of benzene rings is 1. The molecule has 1 aromatic carbocycles. The minimum atomic E-state index is -4.98. The lowest BCUT2D eigenvalue weighted by molar-refractivity contribution is -0.143. The molecule has 0 unspecified atom stereocenters. The molecule has 29 heavy (non-hydrogen) atoms. The summed E-state index contributed by atoms with van der Waals surface area (Å²) in [5.74, 6) is -0.706. The van der Waals surface area contributed by atoms with Crippen LogP contribution >= 0.6 is 0 Å². The Labute approximate surface area is 161 Å². The van der Waals surface area contributed by atoms with Gasteiger partial charge < -0.3 is 9.72 Å². The van der Waals surface area contributed by atoms with Crippen molar-refractivity contribution in [3.8, 4) is 0 Å². The largest absolute Gasteiger partial charge is 0.416 e. The first-order chi connectivity index (χ1) is 13.4. The van der Waals surface area contributed by atoms with Crippen LogP contribution in [-0.4, -0.2) is 15.3 Å².